The van der Waals surface area contributed by atoms with Crippen LogP contribution >= 0.6 is 0 Å². The minimum Gasteiger partial charge on any atom is -0.383 e. The molecule has 1 saturated heterocycles. The van der Waals surface area contributed by atoms with Gasteiger partial charge in [0.1, 0.15) is 11.9 Å². The lowest BCUT2D eigenvalue weighted by molar-refractivity contribution is -0.933. The van der Waals surface area contributed by atoms with Crippen LogP contribution in [0.2, 0.25) is 0 Å². The average molecular weight is 377 g/mol. The molecule has 1 atom stereocenters. The lowest BCUT2D eigenvalue weighted by Gasteiger charge is -2.37. The van der Waals surface area contributed by atoms with E-state index in [1.807, 2.05) is 16.8 Å². The van der Waals surface area contributed by atoms with E-state index in [2.05, 4.69) is 27.3 Å². The van der Waals surface area contributed by atoms with Gasteiger partial charge in [0.25, 0.3) is 0 Å². The Morgan fingerprint density at radius 3 is 2.74 bits per heavy atom. The lowest BCUT2D eigenvalue weighted by Crippen LogP contribution is -3.15. The second-order valence-corrected chi connectivity index (χ2v) is 7.04. The molecule has 1 fully saturated rings. The molecule has 0 bridgehead atoms. The number of nitrogens with one attached hydrogen (secondary N) is 1. The number of anilines is 1. The Labute approximate surface area is 160 Å². The molecule has 0 unspecified atom stereocenters. The maximum absolute atomic E-state index is 14.1. The van der Waals surface area contributed by atoms with Crippen LogP contribution in [-0.2, 0) is 11.3 Å². The van der Waals surface area contributed by atoms with Gasteiger partial charge in [0.15, 0.2) is 0 Å². The lowest BCUT2D eigenvalue weighted by atomic mass is 10.1. The molecule has 148 valence electrons. The SMILES string of the molecule is CCCC[C@H](c1nnnn1CCOC)[NH+]1CCN(c2ccccc2F)CC1. The first kappa shape index (κ1) is 19.7. The van der Waals surface area contributed by atoms with Gasteiger partial charge in [0.2, 0.25) is 5.82 Å². The Hall–Kier alpha value is -2.06. The molecule has 27 heavy (non-hydrogen) atoms. The summed E-state index contributed by atoms with van der Waals surface area (Å²) in [5.41, 5.74) is 0.701. The van der Waals surface area contributed by atoms with Gasteiger partial charge in [-0.3, -0.25) is 0 Å². The average Bonchev–Trinajstić information content (AvgIpc) is 3.16. The van der Waals surface area contributed by atoms with Crippen molar-refractivity contribution in [2.75, 3.05) is 44.8 Å². The summed E-state index contributed by atoms with van der Waals surface area (Å²) in [6, 6.07) is 7.29. The number of tetrazole rings is 1. The fourth-order valence-corrected chi connectivity index (χ4v) is 3.81. The van der Waals surface area contributed by atoms with Crippen LogP contribution in [0.25, 0.3) is 0 Å². The van der Waals surface area contributed by atoms with Gasteiger partial charge >= 0.3 is 0 Å². The number of methoxy groups -OCH3 is 1. The molecule has 7 nitrogen and oxygen atoms in total. The van der Waals surface area contributed by atoms with Crippen LogP contribution in [0.1, 0.15) is 38.1 Å². The maximum atomic E-state index is 14.1. The maximum Gasteiger partial charge on any atom is 0.209 e. The molecule has 2 aromatic rings. The molecule has 1 aromatic carbocycles. The molecular formula is C19H30FN6O+. The number of halogens is 1. The highest BCUT2D eigenvalue weighted by Crippen LogP contribution is 2.19. The van der Waals surface area contributed by atoms with E-state index in [0.29, 0.717) is 18.8 Å². The first-order chi connectivity index (χ1) is 13.2. The van der Waals surface area contributed by atoms with Crippen LogP contribution in [-0.4, -0.2) is 60.1 Å². The van der Waals surface area contributed by atoms with Crippen molar-refractivity contribution in [3.05, 3.63) is 35.9 Å². The third kappa shape index (κ3) is 4.81. The van der Waals surface area contributed by atoms with Crippen molar-refractivity contribution in [2.24, 2.45) is 0 Å². The van der Waals surface area contributed by atoms with Crippen molar-refractivity contribution < 1.29 is 14.0 Å². The van der Waals surface area contributed by atoms with E-state index in [1.54, 1.807) is 13.2 Å². The van der Waals surface area contributed by atoms with E-state index in [0.717, 1.165) is 51.3 Å². The highest BCUT2D eigenvalue weighted by Gasteiger charge is 2.32. The second kappa shape index (κ2) is 9.75. The Morgan fingerprint density at radius 2 is 2.04 bits per heavy atom. The molecule has 0 amide bonds. The minimum atomic E-state index is -0.146. The number of ether oxygens (including phenoxy) is 1. The van der Waals surface area contributed by atoms with E-state index < -0.39 is 0 Å². The van der Waals surface area contributed by atoms with Crippen molar-refractivity contribution in [1.82, 2.24) is 20.2 Å². The zero-order valence-corrected chi connectivity index (χ0v) is 16.3. The number of aromatic nitrogens is 4. The summed E-state index contributed by atoms with van der Waals surface area (Å²) in [6.07, 6.45) is 3.34. The Kier molecular flexibility index (Phi) is 7.11. The summed E-state index contributed by atoms with van der Waals surface area (Å²) in [6.45, 7) is 7.01. The van der Waals surface area contributed by atoms with Crippen LogP contribution in [0.4, 0.5) is 10.1 Å². The number of nitrogens with zero attached hydrogens (tertiary/aromatic N) is 5. The second-order valence-electron chi connectivity index (χ2n) is 7.04. The van der Waals surface area contributed by atoms with Crippen molar-refractivity contribution in [1.29, 1.82) is 0 Å². The van der Waals surface area contributed by atoms with Crippen LogP contribution in [0, 0.1) is 5.82 Å². The van der Waals surface area contributed by atoms with Crippen molar-refractivity contribution >= 4 is 5.69 Å². The summed E-state index contributed by atoms with van der Waals surface area (Å²) < 4.78 is 21.2. The molecule has 1 aliphatic heterocycles. The monoisotopic (exact) mass is 377 g/mol. The smallest absolute Gasteiger partial charge is 0.209 e. The number of unbranched alkanes of at least 4 members (excludes halogenated alkanes) is 1. The van der Waals surface area contributed by atoms with Crippen LogP contribution in [0.15, 0.2) is 24.3 Å². The number of rotatable bonds is 9. The predicted octanol–water partition coefficient (Wildman–Crippen LogP) is 1.10. The molecule has 3 rings (SSSR count). The van der Waals surface area contributed by atoms with Gasteiger partial charge in [-0.05, 0) is 29.0 Å². The quantitative estimate of drug-likeness (QED) is 0.709. The Bertz CT molecular complexity index is 701. The standard InChI is InChI=1S/C19H29FN6O/c1-3-4-8-18(19-21-22-23-26(19)14-15-27-2)25-12-10-24(11-13-25)17-9-6-5-7-16(17)20/h5-7,9,18H,3-4,8,10-15H2,1-2H3/p+1/t18-/m1/s1. The van der Waals surface area contributed by atoms with Gasteiger partial charge in [0, 0.05) is 13.5 Å². The fourth-order valence-electron chi connectivity index (χ4n) is 3.81. The summed E-state index contributed by atoms with van der Waals surface area (Å²) in [5, 5.41) is 12.4. The van der Waals surface area contributed by atoms with Gasteiger partial charge in [-0.1, -0.05) is 25.5 Å². The van der Waals surface area contributed by atoms with Crippen LogP contribution in [0.3, 0.4) is 0 Å². The molecular weight excluding hydrogens is 347 g/mol. The summed E-state index contributed by atoms with van der Waals surface area (Å²) >= 11 is 0. The number of quaternary nitrogens is 1. The van der Waals surface area contributed by atoms with Crippen molar-refractivity contribution in [2.45, 2.75) is 38.8 Å². The molecule has 0 spiro atoms. The third-order valence-corrected chi connectivity index (χ3v) is 5.32. The zero-order chi connectivity index (χ0) is 19.1. The van der Waals surface area contributed by atoms with Gasteiger partial charge in [0.05, 0.1) is 45.0 Å². The van der Waals surface area contributed by atoms with Gasteiger partial charge < -0.3 is 14.5 Å². The Morgan fingerprint density at radius 1 is 1.26 bits per heavy atom. The van der Waals surface area contributed by atoms with Crippen LogP contribution in [0.5, 0.6) is 0 Å². The number of hydrogen-bond acceptors (Lipinski definition) is 5. The van der Waals surface area contributed by atoms with Crippen molar-refractivity contribution in [3.63, 3.8) is 0 Å². The molecule has 0 saturated carbocycles. The van der Waals surface area contributed by atoms with E-state index in [-0.39, 0.29) is 11.9 Å². The fraction of sp³-hybridized carbons (Fsp3) is 0.632. The van der Waals surface area contributed by atoms with E-state index >= 15 is 0 Å². The number of hydrogen-bond donors (Lipinski definition) is 1. The summed E-state index contributed by atoms with van der Waals surface area (Å²) in [4.78, 5) is 3.62. The number of para-hydroxylation sites is 1. The molecule has 1 aliphatic rings. The van der Waals surface area contributed by atoms with E-state index in [9.17, 15) is 4.39 Å². The minimum absolute atomic E-state index is 0.146. The first-order valence-corrected chi connectivity index (χ1v) is 9.83. The first-order valence-electron chi connectivity index (χ1n) is 9.83. The number of piperazine rings is 1. The topological polar surface area (TPSA) is 60.5 Å². The molecule has 1 aromatic heterocycles. The molecule has 1 N–H and O–H groups in total. The van der Waals surface area contributed by atoms with E-state index in [1.165, 1.54) is 11.0 Å². The molecule has 0 aliphatic carbocycles. The van der Waals surface area contributed by atoms with Crippen LogP contribution < -0.4 is 9.80 Å². The third-order valence-electron chi connectivity index (χ3n) is 5.32. The highest BCUT2D eigenvalue weighted by molar-refractivity contribution is 5.47. The Balaban J connectivity index is 1.70. The van der Waals surface area contributed by atoms with E-state index in [4.69, 9.17) is 4.74 Å². The molecule has 8 heteroatoms. The van der Waals surface area contributed by atoms with Gasteiger partial charge in [-0.15, -0.1) is 5.10 Å². The predicted molar refractivity (Wildman–Crippen MR) is 101 cm³/mol. The summed E-state index contributed by atoms with van der Waals surface area (Å²) in [5.74, 6) is 0.793. The summed E-state index contributed by atoms with van der Waals surface area (Å²) in [7, 11) is 1.69. The zero-order valence-electron chi connectivity index (χ0n) is 16.3. The van der Waals surface area contributed by atoms with Crippen molar-refractivity contribution in [3.8, 4) is 0 Å². The molecule has 0 radical (unpaired) electrons. The van der Waals surface area contributed by atoms with Gasteiger partial charge in [-0.25, -0.2) is 9.07 Å². The largest absolute Gasteiger partial charge is 0.383 e. The highest BCUT2D eigenvalue weighted by atomic mass is 19.1. The molecule has 2 heterocycles. The van der Waals surface area contributed by atoms with Gasteiger partial charge in [-0.2, -0.15) is 0 Å². The normalized spacial score (nSPS) is 16.6. The number of benzene rings is 1.